The van der Waals surface area contributed by atoms with E-state index in [1.165, 1.54) is 0 Å². The van der Waals surface area contributed by atoms with Crippen molar-refractivity contribution < 1.29 is 4.74 Å². The van der Waals surface area contributed by atoms with Crippen LogP contribution < -0.4 is 4.74 Å². The van der Waals surface area contributed by atoms with Gasteiger partial charge in [-0.25, -0.2) is 0 Å². The fourth-order valence-corrected chi connectivity index (χ4v) is 2.81. The van der Waals surface area contributed by atoms with Gasteiger partial charge in [0.2, 0.25) is 5.15 Å². The van der Waals surface area contributed by atoms with Crippen LogP contribution in [0.1, 0.15) is 0 Å². The van der Waals surface area contributed by atoms with Gasteiger partial charge >= 0.3 is 0 Å². The highest BCUT2D eigenvalue weighted by atomic mass is 79.9. The molecule has 0 fully saturated rings. The van der Waals surface area contributed by atoms with Crippen LogP contribution in [0.15, 0.2) is 40.9 Å². The maximum absolute atomic E-state index is 5.86. The van der Waals surface area contributed by atoms with Crippen LogP contribution in [-0.4, -0.2) is 8.75 Å². The van der Waals surface area contributed by atoms with Crippen LogP contribution in [-0.2, 0) is 0 Å². The summed E-state index contributed by atoms with van der Waals surface area (Å²) in [6.45, 7) is 0. The van der Waals surface area contributed by atoms with Crippen LogP contribution in [0.25, 0.3) is 10.8 Å². The number of rotatable bonds is 2. The average Bonchev–Trinajstić information content (AvgIpc) is 2.79. The second kappa shape index (κ2) is 4.84. The molecule has 0 aliphatic heterocycles. The minimum absolute atomic E-state index is 0.278. The molecule has 0 N–H and O–H groups in total. The van der Waals surface area contributed by atoms with E-state index < -0.39 is 0 Å². The summed E-state index contributed by atoms with van der Waals surface area (Å²) in [7, 11) is 0. The Bertz CT molecular complexity index is 716. The van der Waals surface area contributed by atoms with E-state index in [4.69, 9.17) is 16.3 Å². The second-order valence-electron chi connectivity index (χ2n) is 3.56. The molecule has 3 nitrogen and oxygen atoms in total. The van der Waals surface area contributed by atoms with Gasteiger partial charge in [0.25, 0.3) is 5.88 Å². The molecule has 0 saturated carbocycles. The highest BCUT2D eigenvalue weighted by molar-refractivity contribution is 9.10. The molecule has 0 saturated heterocycles. The van der Waals surface area contributed by atoms with Crippen molar-refractivity contribution in [3.63, 3.8) is 0 Å². The second-order valence-corrected chi connectivity index (χ2v) is 5.24. The topological polar surface area (TPSA) is 35.0 Å². The quantitative estimate of drug-likeness (QED) is 0.665. The Kier molecular flexibility index (Phi) is 3.20. The fourth-order valence-electron chi connectivity index (χ4n) is 1.63. The van der Waals surface area contributed by atoms with Crippen molar-refractivity contribution in [1.82, 2.24) is 8.75 Å². The minimum Gasteiger partial charge on any atom is -0.434 e. The first-order valence-corrected chi connectivity index (χ1v) is 6.99. The van der Waals surface area contributed by atoms with Gasteiger partial charge in [-0.1, -0.05) is 41.9 Å². The number of fused-ring (bicyclic) bond motifs is 1. The monoisotopic (exact) mass is 340 g/mol. The van der Waals surface area contributed by atoms with Gasteiger partial charge < -0.3 is 4.74 Å². The zero-order chi connectivity index (χ0) is 12.5. The van der Waals surface area contributed by atoms with Gasteiger partial charge in [-0.2, -0.15) is 4.37 Å². The van der Waals surface area contributed by atoms with Gasteiger partial charge in [0.1, 0.15) is 5.75 Å². The van der Waals surface area contributed by atoms with Crippen molar-refractivity contribution in [3.8, 4) is 11.6 Å². The van der Waals surface area contributed by atoms with Crippen molar-refractivity contribution in [2.24, 2.45) is 0 Å². The molecule has 0 spiro atoms. The summed E-state index contributed by atoms with van der Waals surface area (Å²) in [4.78, 5) is 0. The molecule has 3 aromatic rings. The van der Waals surface area contributed by atoms with Crippen LogP contribution in [0.4, 0.5) is 0 Å². The van der Waals surface area contributed by atoms with Crippen molar-refractivity contribution in [3.05, 3.63) is 46.0 Å². The molecule has 0 aliphatic carbocycles. The van der Waals surface area contributed by atoms with Crippen molar-refractivity contribution >= 4 is 50.0 Å². The Morgan fingerprint density at radius 3 is 2.72 bits per heavy atom. The van der Waals surface area contributed by atoms with Gasteiger partial charge in [-0.15, -0.1) is 4.37 Å². The zero-order valence-electron chi connectivity index (χ0n) is 8.93. The van der Waals surface area contributed by atoms with Crippen molar-refractivity contribution in [2.45, 2.75) is 0 Å². The van der Waals surface area contributed by atoms with Crippen LogP contribution in [0.3, 0.4) is 0 Å². The number of halogens is 2. The summed E-state index contributed by atoms with van der Waals surface area (Å²) in [6.07, 6.45) is 0. The molecule has 1 aromatic heterocycles. The molecule has 3 rings (SSSR count). The van der Waals surface area contributed by atoms with E-state index in [0.717, 1.165) is 27.0 Å². The van der Waals surface area contributed by atoms with Crippen molar-refractivity contribution in [1.29, 1.82) is 0 Å². The van der Waals surface area contributed by atoms with E-state index in [2.05, 4.69) is 24.7 Å². The molecule has 18 heavy (non-hydrogen) atoms. The smallest absolute Gasteiger partial charge is 0.270 e. The summed E-state index contributed by atoms with van der Waals surface area (Å²) >= 11 is 10.4. The average molecular weight is 342 g/mol. The number of benzene rings is 2. The molecular formula is C12H6BrClN2OS. The van der Waals surface area contributed by atoms with E-state index in [-0.39, 0.29) is 5.15 Å². The zero-order valence-corrected chi connectivity index (χ0v) is 12.1. The molecule has 2 aromatic carbocycles. The SMILES string of the molecule is Clc1nsnc1Oc1ccc2ccccc2c1Br. The van der Waals surface area contributed by atoms with Crippen LogP contribution in [0.2, 0.25) is 5.15 Å². The Labute approximate surface area is 121 Å². The predicted octanol–water partition coefficient (Wildman–Crippen LogP) is 4.90. The summed E-state index contributed by atoms with van der Waals surface area (Å²) in [5.41, 5.74) is 0. The first-order valence-electron chi connectivity index (χ1n) is 5.09. The Balaban J connectivity index is 2.08. The van der Waals surface area contributed by atoms with Gasteiger partial charge in [-0.3, -0.25) is 0 Å². The highest BCUT2D eigenvalue weighted by Gasteiger charge is 2.11. The largest absolute Gasteiger partial charge is 0.434 e. The van der Waals surface area contributed by atoms with Crippen LogP contribution in [0, 0.1) is 0 Å². The van der Waals surface area contributed by atoms with Gasteiger partial charge in [0, 0.05) is 0 Å². The molecular weight excluding hydrogens is 336 g/mol. The molecule has 0 atom stereocenters. The Morgan fingerprint density at radius 1 is 1.11 bits per heavy atom. The molecule has 0 radical (unpaired) electrons. The lowest BCUT2D eigenvalue weighted by Gasteiger charge is -2.07. The Morgan fingerprint density at radius 2 is 1.94 bits per heavy atom. The molecule has 0 bridgehead atoms. The molecule has 90 valence electrons. The molecule has 0 amide bonds. The summed E-state index contributed by atoms with van der Waals surface area (Å²) in [5, 5.41) is 2.49. The lowest BCUT2D eigenvalue weighted by atomic mass is 10.1. The van der Waals surface area contributed by atoms with Crippen LogP contribution in [0.5, 0.6) is 11.6 Å². The Hall–Kier alpha value is -1.17. The van der Waals surface area contributed by atoms with E-state index in [9.17, 15) is 0 Å². The van der Waals surface area contributed by atoms with E-state index >= 15 is 0 Å². The molecule has 6 heteroatoms. The number of ether oxygens (including phenoxy) is 1. The van der Waals surface area contributed by atoms with Crippen molar-refractivity contribution in [2.75, 3.05) is 0 Å². The molecule has 0 aliphatic rings. The number of hydrogen-bond donors (Lipinski definition) is 0. The highest BCUT2D eigenvalue weighted by Crippen LogP contribution is 2.36. The first kappa shape index (κ1) is 11.9. The fraction of sp³-hybridized carbons (Fsp3) is 0. The minimum atomic E-state index is 0.278. The van der Waals surface area contributed by atoms with E-state index in [0.29, 0.717) is 11.6 Å². The predicted molar refractivity (Wildman–Crippen MR) is 76.6 cm³/mol. The van der Waals surface area contributed by atoms with E-state index in [1.807, 2.05) is 36.4 Å². The summed E-state index contributed by atoms with van der Waals surface area (Å²) in [6, 6.07) is 11.9. The molecule has 1 heterocycles. The van der Waals surface area contributed by atoms with Gasteiger partial charge in [0.05, 0.1) is 16.2 Å². The van der Waals surface area contributed by atoms with Gasteiger partial charge in [0.15, 0.2) is 0 Å². The summed E-state index contributed by atoms with van der Waals surface area (Å²) in [5.74, 6) is 1.00. The third-order valence-electron chi connectivity index (χ3n) is 2.46. The maximum Gasteiger partial charge on any atom is 0.270 e. The normalized spacial score (nSPS) is 10.8. The molecule has 0 unspecified atom stereocenters. The maximum atomic E-state index is 5.86. The summed E-state index contributed by atoms with van der Waals surface area (Å²) < 4.78 is 14.4. The third kappa shape index (κ3) is 2.09. The number of aromatic nitrogens is 2. The van der Waals surface area contributed by atoms with Crippen LogP contribution >= 0.6 is 39.3 Å². The third-order valence-corrected chi connectivity index (χ3v) is 4.13. The lowest BCUT2D eigenvalue weighted by Crippen LogP contribution is -1.87. The number of nitrogens with zero attached hydrogens (tertiary/aromatic N) is 2. The lowest BCUT2D eigenvalue weighted by molar-refractivity contribution is 0.466. The van der Waals surface area contributed by atoms with Gasteiger partial charge in [-0.05, 0) is 32.8 Å². The standard InChI is InChI=1S/C12H6BrClN2OS/c13-10-8-4-2-1-3-7(8)5-6-9(10)17-12-11(14)15-18-16-12/h1-6H. The first-order chi connectivity index (χ1) is 8.75. The number of hydrogen-bond acceptors (Lipinski definition) is 4. The van der Waals surface area contributed by atoms with E-state index in [1.54, 1.807) is 0 Å².